The summed E-state index contributed by atoms with van der Waals surface area (Å²) in [5.74, 6) is 2.18. The first-order valence-electron chi connectivity index (χ1n) is 3.24. The molecule has 0 spiro atoms. The topological polar surface area (TPSA) is 20.2 Å². The molecule has 1 aromatic carbocycles. The van der Waals surface area contributed by atoms with Gasteiger partial charge in [-0.2, -0.15) is 0 Å². The van der Waals surface area contributed by atoms with E-state index in [4.69, 9.17) is 29.6 Å². The van der Waals surface area contributed by atoms with Crippen LogP contribution in [0.4, 0.5) is 0 Å². The van der Waals surface area contributed by atoms with Crippen LogP contribution in [-0.2, 0) is 0 Å². The Labute approximate surface area is 80.9 Å². The molecular formula is C9H6Cl2O. The molecule has 0 bridgehead atoms. The lowest BCUT2D eigenvalue weighted by Crippen LogP contribution is -1.92. The number of hydrogen-bond acceptors (Lipinski definition) is 1. The van der Waals surface area contributed by atoms with Gasteiger partial charge in [0.05, 0.1) is 10.0 Å². The highest BCUT2D eigenvalue weighted by Crippen LogP contribution is 2.25. The highest BCUT2D eigenvalue weighted by molar-refractivity contribution is 6.42. The van der Waals surface area contributed by atoms with Gasteiger partial charge in [-0.3, -0.25) is 0 Å². The molecule has 3 heteroatoms. The van der Waals surface area contributed by atoms with Crippen molar-refractivity contribution in [1.29, 1.82) is 0 Å². The van der Waals surface area contributed by atoms with Crippen LogP contribution in [0.25, 0.3) is 0 Å². The SMILES string of the molecule is C#C[C@@H](O)c1ccc(Cl)c(Cl)c1. The van der Waals surface area contributed by atoms with E-state index in [-0.39, 0.29) is 0 Å². The third-order valence-corrected chi connectivity index (χ3v) is 2.16. The highest BCUT2D eigenvalue weighted by Gasteiger charge is 2.05. The van der Waals surface area contributed by atoms with Crippen molar-refractivity contribution < 1.29 is 5.11 Å². The highest BCUT2D eigenvalue weighted by atomic mass is 35.5. The van der Waals surface area contributed by atoms with E-state index in [0.29, 0.717) is 15.6 Å². The Balaban J connectivity index is 3.06. The summed E-state index contributed by atoms with van der Waals surface area (Å²) in [6.07, 6.45) is 4.10. The summed E-state index contributed by atoms with van der Waals surface area (Å²) in [5, 5.41) is 10.0. The van der Waals surface area contributed by atoms with Gasteiger partial charge in [0.15, 0.2) is 0 Å². The summed E-state index contributed by atoms with van der Waals surface area (Å²) < 4.78 is 0. The van der Waals surface area contributed by atoms with E-state index in [1.54, 1.807) is 18.2 Å². The van der Waals surface area contributed by atoms with Crippen LogP contribution in [0.3, 0.4) is 0 Å². The van der Waals surface area contributed by atoms with Gasteiger partial charge in [0.25, 0.3) is 0 Å². The smallest absolute Gasteiger partial charge is 0.140 e. The Morgan fingerprint density at radius 2 is 2.00 bits per heavy atom. The lowest BCUT2D eigenvalue weighted by Gasteiger charge is -2.04. The van der Waals surface area contributed by atoms with E-state index in [2.05, 4.69) is 5.92 Å². The first-order valence-corrected chi connectivity index (χ1v) is 4.00. The van der Waals surface area contributed by atoms with Gasteiger partial charge < -0.3 is 5.11 Å². The fraction of sp³-hybridized carbons (Fsp3) is 0.111. The van der Waals surface area contributed by atoms with Gasteiger partial charge in [-0.25, -0.2) is 0 Å². The number of terminal acetylenes is 1. The van der Waals surface area contributed by atoms with Crippen LogP contribution in [0.15, 0.2) is 18.2 Å². The van der Waals surface area contributed by atoms with Crippen molar-refractivity contribution in [1.82, 2.24) is 0 Å². The summed E-state index contributed by atoms with van der Waals surface area (Å²) in [5.41, 5.74) is 0.576. The van der Waals surface area contributed by atoms with E-state index < -0.39 is 6.10 Å². The lowest BCUT2D eigenvalue weighted by molar-refractivity contribution is 0.238. The first kappa shape index (κ1) is 9.41. The van der Waals surface area contributed by atoms with Crippen LogP contribution < -0.4 is 0 Å². The second-order valence-electron chi connectivity index (χ2n) is 2.24. The zero-order valence-electron chi connectivity index (χ0n) is 6.09. The second kappa shape index (κ2) is 3.82. The molecule has 0 amide bonds. The van der Waals surface area contributed by atoms with E-state index in [9.17, 15) is 5.11 Å². The van der Waals surface area contributed by atoms with Crippen molar-refractivity contribution in [3.63, 3.8) is 0 Å². The normalized spacial score (nSPS) is 12.2. The third kappa shape index (κ3) is 1.92. The van der Waals surface area contributed by atoms with Crippen molar-refractivity contribution >= 4 is 23.2 Å². The minimum absolute atomic E-state index is 0.392. The number of aliphatic hydroxyl groups excluding tert-OH is 1. The monoisotopic (exact) mass is 200 g/mol. The van der Waals surface area contributed by atoms with Crippen LogP contribution >= 0.6 is 23.2 Å². The van der Waals surface area contributed by atoms with Crippen molar-refractivity contribution in [2.24, 2.45) is 0 Å². The third-order valence-electron chi connectivity index (χ3n) is 1.42. The number of benzene rings is 1. The average Bonchev–Trinajstić information content (AvgIpc) is 2.08. The first-order chi connectivity index (χ1) is 5.65. The Hall–Kier alpha value is -0.680. The van der Waals surface area contributed by atoms with Crippen LogP contribution in [0.2, 0.25) is 10.0 Å². The molecule has 0 aliphatic heterocycles. The molecule has 0 unspecified atom stereocenters. The summed E-state index contributed by atoms with van der Waals surface area (Å²) in [4.78, 5) is 0. The molecule has 0 heterocycles. The average molecular weight is 201 g/mol. The van der Waals surface area contributed by atoms with Crippen molar-refractivity contribution in [3.8, 4) is 12.3 Å². The van der Waals surface area contributed by atoms with Gasteiger partial charge in [0.2, 0.25) is 0 Å². The van der Waals surface area contributed by atoms with Crippen LogP contribution in [-0.4, -0.2) is 5.11 Å². The number of aliphatic hydroxyl groups is 1. The molecule has 0 aliphatic rings. The molecule has 1 atom stereocenters. The molecule has 1 rings (SSSR count). The zero-order chi connectivity index (χ0) is 9.14. The molecule has 0 fully saturated rings. The van der Waals surface area contributed by atoms with Crippen LogP contribution in [0.1, 0.15) is 11.7 Å². The minimum atomic E-state index is -0.917. The van der Waals surface area contributed by atoms with Crippen molar-refractivity contribution in [2.45, 2.75) is 6.10 Å². The molecular weight excluding hydrogens is 195 g/mol. The quantitative estimate of drug-likeness (QED) is 0.692. The summed E-state index contributed by atoms with van der Waals surface area (Å²) >= 11 is 11.4. The number of hydrogen-bond donors (Lipinski definition) is 1. The molecule has 0 saturated heterocycles. The van der Waals surface area contributed by atoms with Crippen LogP contribution in [0.5, 0.6) is 0 Å². The summed E-state index contributed by atoms with van der Waals surface area (Å²) in [7, 11) is 0. The van der Waals surface area contributed by atoms with Gasteiger partial charge in [-0.05, 0) is 17.7 Å². The molecule has 1 nitrogen and oxygen atoms in total. The molecule has 1 aromatic rings. The predicted molar refractivity (Wildman–Crippen MR) is 50.3 cm³/mol. The molecule has 12 heavy (non-hydrogen) atoms. The van der Waals surface area contributed by atoms with Gasteiger partial charge in [-0.1, -0.05) is 35.2 Å². The lowest BCUT2D eigenvalue weighted by atomic mass is 10.1. The Morgan fingerprint density at radius 3 is 2.50 bits per heavy atom. The maximum absolute atomic E-state index is 9.21. The molecule has 0 radical (unpaired) electrons. The maximum Gasteiger partial charge on any atom is 0.140 e. The van der Waals surface area contributed by atoms with E-state index in [1.165, 1.54) is 0 Å². The number of rotatable bonds is 1. The maximum atomic E-state index is 9.21. The van der Waals surface area contributed by atoms with E-state index in [0.717, 1.165) is 0 Å². The second-order valence-corrected chi connectivity index (χ2v) is 3.06. The molecule has 62 valence electrons. The molecule has 0 saturated carbocycles. The summed E-state index contributed by atoms with van der Waals surface area (Å²) in [6, 6.07) is 4.78. The molecule has 0 aromatic heterocycles. The van der Waals surface area contributed by atoms with Crippen molar-refractivity contribution in [2.75, 3.05) is 0 Å². The molecule has 1 N–H and O–H groups in total. The Morgan fingerprint density at radius 1 is 1.33 bits per heavy atom. The standard InChI is InChI=1S/C9H6Cl2O/c1-2-9(12)6-3-4-7(10)8(11)5-6/h1,3-5,9,12H/t9-/m1/s1. The van der Waals surface area contributed by atoms with Gasteiger partial charge >= 0.3 is 0 Å². The fourth-order valence-electron chi connectivity index (χ4n) is 0.779. The predicted octanol–water partition coefficient (Wildman–Crippen LogP) is 2.66. The Kier molecular flexibility index (Phi) is 2.99. The van der Waals surface area contributed by atoms with Gasteiger partial charge in [0.1, 0.15) is 6.10 Å². The van der Waals surface area contributed by atoms with Crippen molar-refractivity contribution in [3.05, 3.63) is 33.8 Å². The van der Waals surface area contributed by atoms with E-state index >= 15 is 0 Å². The Bertz CT molecular complexity index is 328. The fourth-order valence-corrected chi connectivity index (χ4v) is 1.09. The molecule has 0 aliphatic carbocycles. The van der Waals surface area contributed by atoms with Crippen LogP contribution in [0, 0.1) is 12.3 Å². The number of halogens is 2. The van der Waals surface area contributed by atoms with Gasteiger partial charge in [0, 0.05) is 0 Å². The van der Waals surface area contributed by atoms with Gasteiger partial charge in [-0.15, -0.1) is 6.42 Å². The largest absolute Gasteiger partial charge is 0.376 e. The summed E-state index contributed by atoms with van der Waals surface area (Å²) in [6.45, 7) is 0. The zero-order valence-corrected chi connectivity index (χ0v) is 7.60. The minimum Gasteiger partial charge on any atom is -0.376 e. The van der Waals surface area contributed by atoms with E-state index in [1.807, 2.05) is 0 Å².